The number of carboxylic acid groups (broad SMARTS) is 1. The molecule has 0 unspecified atom stereocenters. The van der Waals surface area contributed by atoms with Gasteiger partial charge in [-0.15, -0.1) is 0 Å². The molecule has 0 saturated heterocycles. The molecule has 0 amide bonds. The minimum absolute atomic E-state index is 0.350. The van der Waals surface area contributed by atoms with E-state index in [4.69, 9.17) is 5.11 Å². The Morgan fingerprint density at radius 2 is 2.13 bits per heavy atom. The van der Waals surface area contributed by atoms with Crippen molar-refractivity contribution in [2.75, 3.05) is 0 Å². The summed E-state index contributed by atoms with van der Waals surface area (Å²) in [5.41, 5.74) is -1.10. The lowest BCUT2D eigenvalue weighted by Crippen LogP contribution is -2.54. The molecule has 80 valence electrons. The Hall–Kier alpha value is -1.52. The molecule has 0 aromatic carbocycles. The normalized spacial score (nSPS) is 21.7. The fourth-order valence-corrected chi connectivity index (χ4v) is 1.96. The summed E-state index contributed by atoms with van der Waals surface area (Å²) in [7, 11) is 0. The Balaban J connectivity index is 2.36. The fourth-order valence-electron chi connectivity index (χ4n) is 1.96. The number of aromatic nitrogens is 1. The van der Waals surface area contributed by atoms with Crippen LogP contribution in [0.5, 0.6) is 0 Å². The van der Waals surface area contributed by atoms with Crippen molar-refractivity contribution < 1.29 is 18.7 Å². The summed E-state index contributed by atoms with van der Waals surface area (Å²) in [5, 5.41) is 9.01. The SMILES string of the molecule is O=C(O)C1(c2cccnc2)CC(F)(F)C1. The maximum atomic E-state index is 12.8. The first-order chi connectivity index (χ1) is 6.96. The van der Waals surface area contributed by atoms with Crippen molar-refractivity contribution in [2.24, 2.45) is 0 Å². The van der Waals surface area contributed by atoms with Crippen LogP contribution in [0, 0.1) is 0 Å². The number of carboxylic acids is 1. The number of aliphatic carboxylic acids is 1. The largest absolute Gasteiger partial charge is 0.481 e. The molecule has 1 saturated carbocycles. The molecule has 1 N–H and O–H groups in total. The molecule has 0 radical (unpaired) electrons. The Morgan fingerprint density at radius 3 is 2.53 bits per heavy atom. The summed E-state index contributed by atoms with van der Waals surface area (Å²) in [6, 6.07) is 3.08. The quantitative estimate of drug-likeness (QED) is 0.815. The van der Waals surface area contributed by atoms with Gasteiger partial charge in [-0.05, 0) is 11.6 Å². The maximum Gasteiger partial charge on any atom is 0.314 e. The summed E-state index contributed by atoms with van der Waals surface area (Å²) in [6.45, 7) is 0. The molecule has 1 aliphatic rings. The summed E-state index contributed by atoms with van der Waals surface area (Å²) < 4.78 is 25.6. The number of carbonyl (C=O) groups is 1. The van der Waals surface area contributed by atoms with Crippen LogP contribution in [0.1, 0.15) is 18.4 Å². The zero-order valence-electron chi connectivity index (χ0n) is 7.78. The molecule has 3 nitrogen and oxygen atoms in total. The smallest absolute Gasteiger partial charge is 0.314 e. The van der Waals surface area contributed by atoms with Crippen LogP contribution >= 0.6 is 0 Å². The molecule has 15 heavy (non-hydrogen) atoms. The lowest BCUT2D eigenvalue weighted by molar-refractivity contribution is -0.174. The van der Waals surface area contributed by atoms with Crippen LogP contribution in [0.3, 0.4) is 0 Å². The van der Waals surface area contributed by atoms with Gasteiger partial charge in [-0.2, -0.15) is 0 Å². The van der Waals surface area contributed by atoms with Crippen LogP contribution in [0.25, 0.3) is 0 Å². The second-order valence-corrected chi connectivity index (χ2v) is 3.84. The second-order valence-electron chi connectivity index (χ2n) is 3.84. The standard InChI is InChI=1S/C10H9F2NO2/c11-10(12)5-9(6-10,8(14)15)7-2-1-3-13-4-7/h1-4H,5-6H2,(H,14,15). The second kappa shape index (κ2) is 2.98. The van der Waals surface area contributed by atoms with E-state index >= 15 is 0 Å². The van der Waals surface area contributed by atoms with E-state index in [1.165, 1.54) is 18.5 Å². The van der Waals surface area contributed by atoms with Crippen LogP contribution in [-0.2, 0) is 10.2 Å². The molecule has 1 aliphatic carbocycles. The van der Waals surface area contributed by atoms with Gasteiger partial charge in [-0.1, -0.05) is 6.07 Å². The van der Waals surface area contributed by atoms with Gasteiger partial charge in [-0.25, -0.2) is 8.78 Å². The van der Waals surface area contributed by atoms with E-state index < -0.39 is 30.1 Å². The van der Waals surface area contributed by atoms with Crippen LogP contribution in [0.15, 0.2) is 24.5 Å². The number of rotatable bonds is 2. The number of pyridine rings is 1. The third-order valence-corrected chi connectivity index (χ3v) is 2.74. The van der Waals surface area contributed by atoms with Gasteiger partial charge in [-0.3, -0.25) is 9.78 Å². The number of halogens is 2. The van der Waals surface area contributed by atoms with Gasteiger partial charge in [0.25, 0.3) is 5.92 Å². The third-order valence-electron chi connectivity index (χ3n) is 2.74. The van der Waals surface area contributed by atoms with Crippen LogP contribution in [0.4, 0.5) is 8.78 Å². The van der Waals surface area contributed by atoms with Crippen LogP contribution < -0.4 is 0 Å². The number of nitrogens with zero attached hydrogens (tertiary/aromatic N) is 1. The summed E-state index contributed by atoms with van der Waals surface area (Å²) >= 11 is 0. The van der Waals surface area contributed by atoms with Crippen molar-refractivity contribution in [2.45, 2.75) is 24.2 Å². The van der Waals surface area contributed by atoms with Crippen molar-refractivity contribution >= 4 is 5.97 Å². The summed E-state index contributed by atoms with van der Waals surface area (Å²) in [4.78, 5) is 14.8. The van der Waals surface area contributed by atoms with Gasteiger partial charge in [0.1, 0.15) is 5.41 Å². The Labute approximate surface area is 84.8 Å². The maximum absolute atomic E-state index is 12.8. The molecule has 0 aliphatic heterocycles. The monoisotopic (exact) mass is 213 g/mol. The molecule has 0 bridgehead atoms. The van der Waals surface area contributed by atoms with E-state index in [0.29, 0.717) is 5.56 Å². The molecule has 1 fully saturated rings. The lowest BCUT2D eigenvalue weighted by Gasteiger charge is -2.43. The van der Waals surface area contributed by atoms with Crippen molar-refractivity contribution in [1.29, 1.82) is 0 Å². The highest BCUT2D eigenvalue weighted by molar-refractivity contribution is 5.83. The zero-order chi connectivity index (χ0) is 11.1. The van der Waals surface area contributed by atoms with Gasteiger partial charge in [0.05, 0.1) is 0 Å². The van der Waals surface area contributed by atoms with E-state index in [1.807, 2.05) is 0 Å². The Morgan fingerprint density at radius 1 is 1.47 bits per heavy atom. The van der Waals surface area contributed by atoms with Crippen molar-refractivity contribution in [3.8, 4) is 0 Å². The summed E-state index contributed by atoms with van der Waals surface area (Å²) in [5.74, 6) is -4.07. The molecular weight excluding hydrogens is 204 g/mol. The topological polar surface area (TPSA) is 50.2 Å². The van der Waals surface area contributed by atoms with Gasteiger partial charge in [0.15, 0.2) is 0 Å². The predicted octanol–water partition coefficient (Wildman–Crippen LogP) is 1.83. The molecule has 1 heterocycles. The van der Waals surface area contributed by atoms with Gasteiger partial charge >= 0.3 is 5.97 Å². The van der Waals surface area contributed by atoms with E-state index in [-0.39, 0.29) is 0 Å². The van der Waals surface area contributed by atoms with E-state index in [2.05, 4.69) is 4.98 Å². The van der Waals surface area contributed by atoms with E-state index in [0.717, 1.165) is 0 Å². The van der Waals surface area contributed by atoms with Crippen molar-refractivity contribution in [1.82, 2.24) is 4.98 Å². The van der Waals surface area contributed by atoms with Gasteiger partial charge in [0.2, 0.25) is 0 Å². The van der Waals surface area contributed by atoms with Crippen LogP contribution in [0.2, 0.25) is 0 Å². The Kier molecular flexibility index (Phi) is 1.99. The fraction of sp³-hybridized carbons (Fsp3) is 0.400. The van der Waals surface area contributed by atoms with Crippen molar-refractivity contribution in [3.05, 3.63) is 30.1 Å². The zero-order valence-corrected chi connectivity index (χ0v) is 7.78. The van der Waals surface area contributed by atoms with Crippen LogP contribution in [-0.4, -0.2) is 22.0 Å². The molecule has 1 aromatic heterocycles. The summed E-state index contributed by atoms with van der Waals surface area (Å²) in [6.07, 6.45) is 1.54. The highest BCUT2D eigenvalue weighted by Gasteiger charge is 2.62. The number of hydrogen-bond acceptors (Lipinski definition) is 2. The van der Waals surface area contributed by atoms with Gasteiger partial charge in [0, 0.05) is 25.2 Å². The molecule has 2 rings (SSSR count). The first kappa shape index (κ1) is 10.0. The van der Waals surface area contributed by atoms with E-state index in [9.17, 15) is 13.6 Å². The third kappa shape index (κ3) is 1.48. The average Bonchev–Trinajstić information content (AvgIpc) is 2.14. The van der Waals surface area contributed by atoms with Gasteiger partial charge < -0.3 is 5.11 Å². The highest BCUT2D eigenvalue weighted by Crippen LogP contribution is 2.53. The molecule has 0 atom stereocenters. The molecular formula is C10H9F2NO2. The lowest BCUT2D eigenvalue weighted by atomic mass is 9.62. The Bertz CT molecular complexity index is 384. The molecule has 1 aromatic rings. The highest BCUT2D eigenvalue weighted by atomic mass is 19.3. The first-order valence-corrected chi connectivity index (χ1v) is 4.48. The first-order valence-electron chi connectivity index (χ1n) is 4.48. The molecule has 0 spiro atoms. The predicted molar refractivity (Wildman–Crippen MR) is 47.7 cm³/mol. The van der Waals surface area contributed by atoms with Crippen molar-refractivity contribution in [3.63, 3.8) is 0 Å². The minimum atomic E-state index is -2.87. The number of alkyl halides is 2. The van der Waals surface area contributed by atoms with E-state index in [1.54, 1.807) is 6.07 Å². The number of hydrogen-bond donors (Lipinski definition) is 1. The molecule has 5 heteroatoms. The minimum Gasteiger partial charge on any atom is -0.481 e. The average molecular weight is 213 g/mol.